The van der Waals surface area contributed by atoms with Crippen LogP contribution in [0.1, 0.15) is 19.0 Å². The minimum atomic E-state index is 0.287. The minimum absolute atomic E-state index is 0.287. The fourth-order valence-electron chi connectivity index (χ4n) is 2.08. The molecule has 1 aliphatic rings. The summed E-state index contributed by atoms with van der Waals surface area (Å²) in [4.78, 5) is 7.03. The third kappa shape index (κ3) is 4.72. The van der Waals surface area contributed by atoms with Crippen LogP contribution in [0.5, 0.6) is 0 Å². The van der Waals surface area contributed by atoms with Crippen molar-refractivity contribution in [3.05, 3.63) is 11.1 Å². The van der Waals surface area contributed by atoms with Crippen LogP contribution in [0.2, 0.25) is 0 Å². The highest BCUT2D eigenvalue weighted by Gasteiger charge is 2.17. The Bertz CT molecular complexity index is 373. The highest BCUT2D eigenvalue weighted by molar-refractivity contribution is 7.13. The Hall–Kier alpha value is -0.690. The van der Waals surface area contributed by atoms with E-state index in [1.165, 1.54) is 0 Å². The zero-order chi connectivity index (χ0) is 13.5. The van der Waals surface area contributed by atoms with Crippen molar-refractivity contribution in [1.29, 1.82) is 0 Å². The third-order valence-electron chi connectivity index (χ3n) is 3.05. The van der Waals surface area contributed by atoms with Gasteiger partial charge in [-0.15, -0.1) is 11.3 Å². The van der Waals surface area contributed by atoms with Gasteiger partial charge in [0, 0.05) is 45.3 Å². The van der Waals surface area contributed by atoms with Gasteiger partial charge in [0.25, 0.3) is 0 Å². The number of hydrogen-bond acceptors (Lipinski definition) is 6. The zero-order valence-electron chi connectivity index (χ0n) is 11.7. The van der Waals surface area contributed by atoms with Gasteiger partial charge in [-0.1, -0.05) is 0 Å². The van der Waals surface area contributed by atoms with E-state index < -0.39 is 0 Å². The summed E-state index contributed by atoms with van der Waals surface area (Å²) in [5, 5.41) is 6.56. The van der Waals surface area contributed by atoms with Gasteiger partial charge in [0.2, 0.25) is 0 Å². The van der Waals surface area contributed by atoms with Crippen LogP contribution >= 0.6 is 11.3 Å². The van der Waals surface area contributed by atoms with Gasteiger partial charge >= 0.3 is 0 Å². The predicted octanol–water partition coefficient (Wildman–Crippen LogP) is 1.49. The summed E-state index contributed by atoms with van der Waals surface area (Å²) in [7, 11) is 1.71. The summed E-state index contributed by atoms with van der Waals surface area (Å²) in [6.07, 6.45) is 1.36. The molecule has 1 aromatic heterocycles. The van der Waals surface area contributed by atoms with Crippen LogP contribution in [-0.2, 0) is 16.0 Å². The van der Waals surface area contributed by atoms with Crippen molar-refractivity contribution in [3.8, 4) is 0 Å². The van der Waals surface area contributed by atoms with Crippen molar-refractivity contribution in [1.82, 2.24) is 10.3 Å². The maximum Gasteiger partial charge on any atom is 0.185 e. The average Bonchev–Trinajstić information content (AvgIpc) is 2.77. The van der Waals surface area contributed by atoms with Crippen LogP contribution in [0.4, 0.5) is 5.13 Å². The first-order valence-corrected chi connectivity index (χ1v) is 7.68. The Kier molecular flexibility index (Phi) is 6.03. The SMILES string of the molecule is COCCNCc1csc(N2CCCOC(C)C2)n1. The topological polar surface area (TPSA) is 46.6 Å². The van der Waals surface area contributed by atoms with Gasteiger partial charge in [-0.25, -0.2) is 4.98 Å². The molecular weight excluding hydrogens is 262 g/mol. The predicted molar refractivity (Wildman–Crippen MR) is 77.9 cm³/mol. The minimum Gasteiger partial charge on any atom is -0.383 e. The third-order valence-corrected chi connectivity index (χ3v) is 4.00. The molecule has 2 rings (SSSR count). The molecular formula is C13H23N3O2S. The highest BCUT2D eigenvalue weighted by Crippen LogP contribution is 2.22. The molecule has 1 unspecified atom stereocenters. The lowest BCUT2D eigenvalue weighted by molar-refractivity contribution is 0.0821. The zero-order valence-corrected chi connectivity index (χ0v) is 12.5. The summed E-state index contributed by atoms with van der Waals surface area (Å²) in [6.45, 7) is 7.35. The van der Waals surface area contributed by atoms with E-state index in [-0.39, 0.29) is 6.10 Å². The molecule has 0 amide bonds. The van der Waals surface area contributed by atoms with Crippen LogP contribution in [0.3, 0.4) is 0 Å². The maximum atomic E-state index is 5.66. The number of hydrogen-bond donors (Lipinski definition) is 1. The molecule has 1 aliphatic heterocycles. The molecule has 0 radical (unpaired) electrons. The molecule has 1 N–H and O–H groups in total. The lowest BCUT2D eigenvalue weighted by Gasteiger charge is -2.20. The summed E-state index contributed by atoms with van der Waals surface area (Å²) in [6, 6.07) is 0. The van der Waals surface area contributed by atoms with Gasteiger partial charge in [0.1, 0.15) is 0 Å². The number of methoxy groups -OCH3 is 1. The number of nitrogens with zero attached hydrogens (tertiary/aromatic N) is 2. The molecule has 2 heterocycles. The molecule has 0 spiro atoms. The molecule has 19 heavy (non-hydrogen) atoms. The summed E-state index contributed by atoms with van der Waals surface area (Å²) in [5.41, 5.74) is 1.11. The van der Waals surface area contributed by atoms with Gasteiger partial charge < -0.3 is 19.7 Å². The van der Waals surface area contributed by atoms with E-state index in [0.29, 0.717) is 0 Å². The van der Waals surface area contributed by atoms with E-state index in [1.807, 2.05) is 0 Å². The second-order valence-corrected chi connectivity index (χ2v) is 5.61. The van der Waals surface area contributed by atoms with Crippen LogP contribution in [-0.4, -0.2) is 51.0 Å². The number of rotatable bonds is 6. The van der Waals surface area contributed by atoms with E-state index >= 15 is 0 Å². The monoisotopic (exact) mass is 285 g/mol. The Morgan fingerprint density at radius 2 is 2.53 bits per heavy atom. The molecule has 1 saturated heterocycles. The van der Waals surface area contributed by atoms with Crippen LogP contribution in [0, 0.1) is 0 Å². The van der Waals surface area contributed by atoms with E-state index in [4.69, 9.17) is 14.5 Å². The van der Waals surface area contributed by atoms with Crippen molar-refractivity contribution in [2.24, 2.45) is 0 Å². The molecule has 0 saturated carbocycles. The fraction of sp³-hybridized carbons (Fsp3) is 0.769. The average molecular weight is 285 g/mol. The molecule has 0 aliphatic carbocycles. The second kappa shape index (κ2) is 7.79. The van der Waals surface area contributed by atoms with Gasteiger partial charge in [0.15, 0.2) is 5.13 Å². The summed E-state index contributed by atoms with van der Waals surface area (Å²) < 4.78 is 10.7. The molecule has 0 aromatic carbocycles. The molecule has 1 aromatic rings. The molecule has 108 valence electrons. The lowest BCUT2D eigenvalue weighted by Crippen LogP contribution is -2.30. The maximum absolute atomic E-state index is 5.66. The van der Waals surface area contributed by atoms with Crippen LogP contribution < -0.4 is 10.2 Å². The van der Waals surface area contributed by atoms with Crippen LogP contribution in [0.25, 0.3) is 0 Å². The Labute approximate surface area is 118 Å². The number of thiazole rings is 1. The van der Waals surface area contributed by atoms with E-state index in [0.717, 1.165) is 56.6 Å². The molecule has 6 heteroatoms. The number of anilines is 1. The molecule has 1 fully saturated rings. The van der Waals surface area contributed by atoms with Gasteiger partial charge in [-0.05, 0) is 13.3 Å². The quantitative estimate of drug-likeness (QED) is 0.803. The van der Waals surface area contributed by atoms with E-state index in [1.54, 1.807) is 18.4 Å². The van der Waals surface area contributed by atoms with Gasteiger partial charge in [-0.2, -0.15) is 0 Å². The molecule has 5 nitrogen and oxygen atoms in total. The number of aromatic nitrogens is 1. The van der Waals surface area contributed by atoms with E-state index in [9.17, 15) is 0 Å². The lowest BCUT2D eigenvalue weighted by atomic mass is 10.4. The standard InChI is InChI=1S/C13H23N3O2S/c1-11-9-16(5-3-6-18-11)13-15-12(10-19-13)8-14-4-7-17-2/h10-11,14H,3-9H2,1-2H3. The first-order valence-electron chi connectivity index (χ1n) is 6.80. The Balaban J connectivity index is 1.85. The number of ether oxygens (including phenoxy) is 2. The molecule has 1 atom stereocenters. The van der Waals surface area contributed by atoms with Crippen molar-refractivity contribution < 1.29 is 9.47 Å². The second-order valence-electron chi connectivity index (χ2n) is 4.77. The first-order chi connectivity index (χ1) is 9.29. The number of nitrogens with one attached hydrogen (secondary N) is 1. The van der Waals surface area contributed by atoms with Gasteiger partial charge in [0.05, 0.1) is 18.4 Å². The van der Waals surface area contributed by atoms with Crippen molar-refractivity contribution >= 4 is 16.5 Å². The van der Waals surface area contributed by atoms with Crippen LogP contribution in [0.15, 0.2) is 5.38 Å². The van der Waals surface area contributed by atoms with Crippen molar-refractivity contribution in [3.63, 3.8) is 0 Å². The Morgan fingerprint density at radius 3 is 3.37 bits per heavy atom. The fourth-order valence-corrected chi connectivity index (χ4v) is 2.94. The normalized spacial score (nSPS) is 20.5. The Morgan fingerprint density at radius 1 is 1.63 bits per heavy atom. The summed E-state index contributed by atoms with van der Waals surface area (Å²) in [5.74, 6) is 0. The van der Waals surface area contributed by atoms with Crippen molar-refractivity contribution in [2.75, 3.05) is 44.9 Å². The highest BCUT2D eigenvalue weighted by atomic mass is 32.1. The largest absolute Gasteiger partial charge is 0.383 e. The van der Waals surface area contributed by atoms with E-state index in [2.05, 4.69) is 22.5 Å². The first kappa shape index (κ1) is 14.7. The molecule has 0 bridgehead atoms. The van der Waals surface area contributed by atoms with Gasteiger partial charge in [-0.3, -0.25) is 0 Å². The summed E-state index contributed by atoms with van der Waals surface area (Å²) >= 11 is 1.72. The van der Waals surface area contributed by atoms with Crippen molar-refractivity contribution in [2.45, 2.75) is 26.0 Å². The smallest absolute Gasteiger partial charge is 0.185 e.